The van der Waals surface area contributed by atoms with Gasteiger partial charge in [0, 0.05) is 0 Å². The minimum absolute atomic E-state index is 0.0331. The van der Waals surface area contributed by atoms with Crippen LogP contribution < -0.4 is 5.32 Å². The molecular formula is C13H18N2O5. The summed E-state index contributed by atoms with van der Waals surface area (Å²) in [7, 11) is 0. The number of anilines is 1. The van der Waals surface area contributed by atoms with Gasteiger partial charge in [-0.3, -0.25) is 0 Å². The van der Waals surface area contributed by atoms with Gasteiger partial charge in [0.1, 0.15) is 11.8 Å². The number of carbonyl (C=O) groups excluding carboxylic acids is 1. The highest BCUT2D eigenvalue weighted by atomic mass is 16.5. The molecule has 0 atom stereocenters. The summed E-state index contributed by atoms with van der Waals surface area (Å²) in [5.41, 5.74) is -1.03. The van der Waals surface area contributed by atoms with Crippen molar-refractivity contribution in [1.29, 1.82) is 0 Å². The molecule has 0 unspecified atom stereocenters. The van der Waals surface area contributed by atoms with E-state index in [-0.39, 0.29) is 18.3 Å². The number of carboxylic acid groups (broad SMARTS) is 1. The Labute approximate surface area is 116 Å². The van der Waals surface area contributed by atoms with Crippen LogP contribution in [0.2, 0.25) is 0 Å². The van der Waals surface area contributed by atoms with E-state index in [9.17, 15) is 14.7 Å². The Hall–Kier alpha value is -2.05. The van der Waals surface area contributed by atoms with Gasteiger partial charge in [-0.1, -0.05) is 19.3 Å². The number of ether oxygens (including phenoxy) is 1. The monoisotopic (exact) mass is 282 g/mol. The van der Waals surface area contributed by atoms with Gasteiger partial charge < -0.3 is 19.6 Å². The average Bonchev–Trinajstić information content (AvgIpc) is 2.88. The van der Waals surface area contributed by atoms with Crippen molar-refractivity contribution in [2.45, 2.75) is 44.6 Å². The maximum absolute atomic E-state index is 11.5. The number of hydrogen-bond donors (Lipinski definition) is 2. The average molecular weight is 282 g/mol. The standard InChI is InChI=1S/C13H18N2O5/c1-2-19-10(16)9-8-20-12(14-9)15-13(11(17)18)6-4-3-5-7-13/h8H,2-7H2,1H3,(H,14,15)(H,17,18). The molecular weight excluding hydrogens is 264 g/mol. The molecule has 1 aromatic heterocycles. The minimum Gasteiger partial charge on any atom is -0.480 e. The fourth-order valence-corrected chi connectivity index (χ4v) is 2.38. The van der Waals surface area contributed by atoms with Crippen LogP contribution in [0, 0.1) is 0 Å². The molecule has 0 aromatic carbocycles. The molecule has 1 saturated carbocycles. The summed E-state index contributed by atoms with van der Waals surface area (Å²) in [6.45, 7) is 1.94. The molecule has 0 bridgehead atoms. The highest BCUT2D eigenvalue weighted by Crippen LogP contribution is 2.31. The normalized spacial score (nSPS) is 17.4. The van der Waals surface area contributed by atoms with E-state index in [1.165, 1.54) is 6.26 Å². The minimum atomic E-state index is -1.06. The van der Waals surface area contributed by atoms with Gasteiger partial charge >= 0.3 is 11.9 Å². The Morgan fingerprint density at radius 3 is 2.75 bits per heavy atom. The number of oxazole rings is 1. The first-order valence-electron chi connectivity index (χ1n) is 6.71. The van der Waals surface area contributed by atoms with Crippen molar-refractivity contribution in [3.05, 3.63) is 12.0 Å². The quantitative estimate of drug-likeness (QED) is 0.797. The van der Waals surface area contributed by atoms with Crippen LogP contribution >= 0.6 is 0 Å². The maximum Gasteiger partial charge on any atom is 0.360 e. The lowest BCUT2D eigenvalue weighted by molar-refractivity contribution is -0.143. The molecule has 1 heterocycles. The van der Waals surface area contributed by atoms with Crippen molar-refractivity contribution < 1.29 is 23.8 Å². The number of carbonyl (C=O) groups is 2. The maximum atomic E-state index is 11.5. The molecule has 7 heteroatoms. The summed E-state index contributed by atoms with van der Waals surface area (Å²) < 4.78 is 9.92. The first-order chi connectivity index (χ1) is 9.57. The number of carboxylic acids is 1. The van der Waals surface area contributed by atoms with Crippen LogP contribution in [0.4, 0.5) is 6.01 Å². The molecule has 0 spiro atoms. The zero-order valence-electron chi connectivity index (χ0n) is 11.3. The SMILES string of the molecule is CCOC(=O)c1coc(NC2(C(=O)O)CCCCC2)n1. The van der Waals surface area contributed by atoms with Gasteiger partial charge in [-0.15, -0.1) is 0 Å². The number of nitrogens with one attached hydrogen (secondary N) is 1. The zero-order valence-corrected chi connectivity index (χ0v) is 11.3. The third-order valence-electron chi connectivity index (χ3n) is 3.45. The predicted molar refractivity (Wildman–Crippen MR) is 69.5 cm³/mol. The van der Waals surface area contributed by atoms with Gasteiger partial charge in [-0.2, -0.15) is 4.98 Å². The number of esters is 1. The molecule has 1 fully saturated rings. The van der Waals surface area contributed by atoms with E-state index in [0.717, 1.165) is 19.3 Å². The number of rotatable bonds is 5. The van der Waals surface area contributed by atoms with Gasteiger partial charge in [0.25, 0.3) is 6.01 Å². The highest BCUT2D eigenvalue weighted by Gasteiger charge is 2.40. The number of aliphatic carboxylic acids is 1. The third-order valence-corrected chi connectivity index (χ3v) is 3.45. The van der Waals surface area contributed by atoms with Crippen molar-refractivity contribution in [3.63, 3.8) is 0 Å². The lowest BCUT2D eigenvalue weighted by atomic mass is 9.82. The second kappa shape index (κ2) is 5.94. The van der Waals surface area contributed by atoms with Crippen molar-refractivity contribution in [1.82, 2.24) is 4.98 Å². The Kier molecular flexibility index (Phi) is 4.26. The highest BCUT2D eigenvalue weighted by molar-refractivity contribution is 5.87. The molecule has 0 aliphatic heterocycles. The second-order valence-corrected chi connectivity index (χ2v) is 4.83. The van der Waals surface area contributed by atoms with Crippen LogP contribution in [0.25, 0.3) is 0 Å². The molecule has 2 N–H and O–H groups in total. The van der Waals surface area contributed by atoms with Crippen LogP contribution in [0.15, 0.2) is 10.7 Å². The Bertz CT molecular complexity index is 491. The summed E-state index contributed by atoms with van der Waals surface area (Å²) in [4.78, 5) is 26.9. The molecule has 2 rings (SSSR count). The molecule has 0 radical (unpaired) electrons. The fraction of sp³-hybridized carbons (Fsp3) is 0.615. The van der Waals surface area contributed by atoms with E-state index in [0.29, 0.717) is 12.8 Å². The zero-order chi connectivity index (χ0) is 14.6. The largest absolute Gasteiger partial charge is 0.480 e. The molecule has 0 saturated heterocycles. The molecule has 1 aromatic rings. The van der Waals surface area contributed by atoms with Gasteiger partial charge in [0.05, 0.1) is 6.61 Å². The van der Waals surface area contributed by atoms with Crippen molar-refractivity contribution in [2.75, 3.05) is 11.9 Å². The van der Waals surface area contributed by atoms with Crippen LogP contribution in [-0.4, -0.2) is 34.2 Å². The smallest absolute Gasteiger partial charge is 0.360 e. The van der Waals surface area contributed by atoms with E-state index in [2.05, 4.69) is 10.3 Å². The van der Waals surface area contributed by atoms with Gasteiger partial charge in [-0.05, 0) is 19.8 Å². The first kappa shape index (κ1) is 14.4. The Morgan fingerprint density at radius 1 is 1.45 bits per heavy atom. The van der Waals surface area contributed by atoms with Crippen LogP contribution in [0.1, 0.15) is 49.5 Å². The second-order valence-electron chi connectivity index (χ2n) is 4.83. The van der Waals surface area contributed by atoms with Gasteiger partial charge in [-0.25, -0.2) is 9.59 Å². The molecule has 0 amide bonds. The van der Waals surface area contributed by atoms with E-state index in [4.69, 9.17) is 9.15 Å². The number of hydrogen-bond acceptors (Lipinski definition) is 6. The van der Waals surface area contributed by atoms with Crippen molar-refractivity contribution in [2.24, 2.45) is 0 Å². The number of aromatic nitrogens is 1. The molecule has 1 aliphatic rings. The lowest BCUT2D eigenvalue weighted by Gasteiger charge is -2.33. The van der Waals surface area contributed by atoms with Gasteiger partial charge in [0.2, 0.25) is 0 Å². The molecule has 20 heavy (non-hydrogen) atoms. The van der Waals surface area contributed by atoms with E-state index >= 15 is 0 Å². The van der Waals surface area contributed by atoms with Crippen LogP contribution in [0.3, 0.4) is 0 Å². The Balaban J connectivity index is 2.11. The van der Waals surface area contributed by atoms with Crippen LogP contribution in [0.5, 0.6) is 0 Å². The van der Waals surface area contributed by atoms with E-state index in [1.54, 1.807) is 6.92 Å². The van der Waals surface area contributed by atoms with Crippen LogP contribution in [-0.2, 0) is 9.53 Å². The van der Waals surface area contributed by atoms with Crippen molar-refractivity contribution >= 4 is 18.0 Å². The number of nitrogens with zero attached hydrogens (tertiary/aromatic N) is 1. The molecule has 7 nitrogen and oxygen atoms in total. The summed E-state index contributed by atoms with van der Waals surface area (Å²) >= 11 is 0. The lowest BCUT2D eigenvalue weighted by Crippen LogP contribution is -2.48. The molecule has 110 valence electrons. The first-order valence-corrected chi connectivity index (χ1v) is 6.71. The Morgan fingerprint density at radius 2 is 2.15 bits per heavy atom. The van der Waals surface area contributed by atoms with Gasteiger partial charge in [0.15, 0.2) is 5.69 Å². The summed E-state index contributed by atoms with van der Waals surface area (Å²) in [6.07, 6.45) is 4.89. The van der Waals surface area contributed by atoms with E-state index in [1.807, 2.05) is 0 Å². The molecule has 1 aliphatic carbocycles. The summed E-state index contributed by atoms with van der Waals surface area (Å²) in [5.74, 6) is -1.51. The summed E-state index contributed by atoms with van der Waals surface area (Å²) in [5, 5.41) is 12.3. The predicted octanol–water partition coefficient (Wildman–Crippen LogP) is 2.05. The third kappa shape index (κ3) is 2.92. The topological polar surface area (TPSA) is 102 Å². The fourth-order valence-electron chi connectivity index (χ4n) is 2.38. The van der Waals surface area contributed by atoms with E-state index < -0.39 is 17.5 Å². The van der Waals surface area contributed by atoms with Crippen molar-refractivity contribution in [3.8, 4) is 0 Å². The summed E-state index contributed by atoms with van der Waals surface area (Å²) in [6, 6.07) is 0.0392.